The maximum Gasteiger partial charge on any atom is 0.414 e. The molecular weight excluding hydrogens is 385 g/mol. The van der Waals surface area contributed by atoms with E-state index in [1.807, 2.05) is 4.90 Å². The number of anilines is 2. The maximum atomic E-state index is 14.7. The number of cyclic esters (lactones) is 1. The van der Waals surface area contributed by atoms with Gasteiger partial charge in [-0.1, -0.05) is 0 Å². The highest BCUT2D eigenvalue weighted by Crippen LogP contribution is 2.43. The first-order valence-corrected chi connectivity index (χ1v) is 10.7. The smallest absolute Gasteiger partial charge is 0.414 e. The summed E-state index contributed by atoms with van der Waals surface area (Å²) >= 11 is 0. The Morgan fingerprint density at radius 2 is 2.00 bits per heavy atom. The number of rotatable bonds is 5. The van der Waals surface area contributed by atoms with Gasteiger partial charge in [-0.15, -0.1) is 0 Å². The molecule has 8 nitrogen and oxygen atoms in total. The molecule has 1 aromatic heterocycles. The Labute approximate surface area is 163 Å². The minimum absolute atomic E-state index is 0.116. The van der Waals surface area contributed by atoms with Gasteiger partial charge in [0.25, 0.3) is 0 Å². The van der Waals surface area contributed by atoms with Crippen LogP contribution in [0.3, 0.4) is 0 Å². The molecule has 1 spiro atoms. The molecule has 3 saturated heterocycles. The van der Waals surface area contributed by atoms with E-state index in [-0.39, 0.29) is 17.3 Å². The number of amides is 1. The Balaban J connectivity index is 1.22. The predicted octanol–water partition coefficient (Wildman–Crippen LogP) is 1.40. The first-order chi connectivity index (χ1) is 13.5. The van der Waals surface area contributed by atoms with Crippen molar-refractivity contribution in [2.75, 3.05) is 40.9 Å². The number of carbonyl (C=O) groups excluding carboxylic acids is 1. The molecular formula is C18H20FN5O3S. The third-order valence-corrected chi connectivity index (χ3v) is 7.43. The molecule has 0 saturated carbocycles. The summed E-state index contributed by atoms with van der Waals surface area (Å²) in [5, 5.41) is 8.06. The first-order valence-electron chi connectivity index (χ1n) is 9.23. The van der Waals surface area contributed by atoms with Crippen molar-refractivity contribution >= 4 is 28.3 Å². The highest BCUT2D eigenvalue weighted by Gasteiger charge is 2.52. The van der Waals surface area contributed by atoms with Crippen LogP contribution in [0.1, 0.15) is 6.42 Å². The van der Waals surface area contributed by atoms with Gasteiger partial charge in [0, 0.05) is 47.2 Å². The standard InChI is InChI=1S/C18H20FN5O3S/c19-15-7-13(1-2-16(15)22-9-18(10-22)11-28(26)12-18)23-8-14(27-17(23)25)3-6-24-20-4-5-21-24/h1-2,4-5,7,14H,3,6,8-12H2/t14-/m0/s1. The molecule has 5 rings (SSSR count). The fourth-order valence-corrected chi connectivity index (χ4v) is 5.82. The summed E-state index contributed by atoms with van der Waals surface area (Å²) in [5.74, 6) is 1.08. The van der Waals surface area contributed by atoms with E-state index >= 15 is 0 Å². The zero-order valence-corrected chi connectivity index (χ0v) is 16.0. The molecule has 10 heteroatoms. The predicted molar refractivity (Wildman–Crippen MR) is 101 cm³/mol. The molecule has 1 aromatic carbocycles. The molecule has 0 bridgehead atoms. The number of benzene rings is 1. The zero-order chi connectivity index (χ0) is 19.3. The highest BCUT2D eigenvalue weighted by molar-refractivity contribution is 7.86. The normalized spacial score (nSPS) is 23.6. The van der Waals surface area contributed by atoms with E-state index in [0.717, 1.165) is 24.6 Å². The van der Waals surface area contributed by atoms with E-state index in [1.165, 1.54) is 11.0 Å². The molecule has 148 valence electrons. The average Bonchev–Trinajstić information content (AvgIpc) is 3.25. The van der Waals surface area contributed by atoms with Crippen molar-refractivity contribution in [3.05, 3.63) is 36.4 Å². The molecule has 3 aliphatic rings. The molecule has 0 aliphatic carbocycles. The Morgan fingerprint density at radius 3 is 2.68 bits per heavy atom. The van der Waals surface area contributed by atoms with E-state index < -0.39 is 16.9 Å². The van der Waals surface area contributed by atoms with Crippen LogP contribution in [0.4, 0.5) is 20.6 Å². The Bertz CT molecular complexity index is 921. The molecule has 0 unspecified atom stereocenters. The van der Waals surface area contributed by atoms with E-state index in [1.54, 1.807) is 29.3 Å². The fraction of sp³-hybridized carbons (Fsp3) is 0.500. The topological polar surface area (TPSA) is 80.6 Å². The molecule has 2 aromatic rings. The van der Waals surface area contributed by atoms with E-state index in [4.69, 9.17) is 4.74 Å². The summed E-state index contributed by atoms with van der Waals surface area (Å²) in [5.41, 5.74) is 1.14. The summed E-state index contributed by atoms with van der Waals surface area (Å²) < 4.78 is 31.4. The number of aryl methyl sites for hydroxylation is 1. The molecule has 3 aliphatic heterocycles. The fourth-order valence-electron chi connectivity index (χ4n) is 4.18. The number of hydrogen-bond donors (Lipinski definition) is 0. The van der Waals surface area contributed by atoms with Crippen molar-refractivity contribution < 1.29 is 18.1 Å². The van der Waals surface area contributed by atoms with Crippen molar-refractivity contribution in [3.63, 3.8) is 0 Å². The van der Waals surface area contributed by atoms with E-state index in [2.05, 4.69) is 10.2 Å². The van der Waals surface area contributed by atoms with Gasteiger partial charge in [0.05, 0.1) is 36.9 Å². The van der Waals surface area contributed by atoms with E-state index in [0.29, 0.717) is 30.9 Å². The molecule has 4 heterocycles. The molecule has 1 atom stereocenters. The van der Waals surface area contributed by atoms with Crippen LogP contribution in [0.25, 0.3) is 0 Å². The van der Waals surface area contributed by atoms with Crippen molar-refractivity contribution in [1.82, 2.24) is 15.0 Å². The number of ether oxygens (including phenoxy) is 1. The number of carbonyl (C=O) groups is 1. The van der Waals surface area contributed by atoms with Crippen LogP contribution in [-0.2, 0) is 22.1 Å². The SMILES string of the molecule is O=C1O[C@@H](CCn2nccn2)CN1c1ccc(N2CC3(C2)CS(=O)C3)c(F)c1. The van der Waals surface area contributed by atoms with Crippen LogP contribution in [-0.4, -0.2) is 62.5 Å². The quantitative estimate of drug-likeness (QED) is 0.748. The Hall–Kier alpha value is -2.49. The van der Waals surface area contributed by atoms with Gasteiger partial charge in [-0.3, -0.25) is 9.11 Å². The number of halogens is 1. The Morgan fingerprint density at radius 1 is 1.25 bits per heavy atom. The van der Waals surface area contributed by atoms with Crippen LogP contribution in [0.2, 0.25) is 0 Å². The van der Waals surface area contributed by atoms with Gasteiger partial charge in [-0.25, -0.2) is 9.18 Å². The van der Waals surface area contributed by atoms with Gasteiger partial charge in [-0.05, 0) is 18.2 Å². The molecule has 1 amide bonds. The van der Waals surface area contributed by atoms with E-state index in [9.17, 15) is 13.4 Å². The number of hydrogen-bond acceptors (Lipinski definition) is 6. The van der Waals surface area contributed by atoms with Crippen LogP contribution in [0.5, 0.6) is 0 Å². The van der Waals surface area contributed by atoms with Gasteiger partial charge in [-0.2, -0.15) is 15.0 Å². The lowest BCUT2D eigenvalue weighted by Crippen LogP contribution is -2.67. The summed E-state index contributed by atoms with van der Waals surface area (Å²) in [6.45, 7) is 2.40. The lowest BCUT2D eigenvalue weighted by Gasteiger charge is -2.55. The molecule has 3 fully saturated rings. The summed E-state index contributed by atoms with van der Waals surface area (Å²) in [6, 6.07) is 4.85. The van der Waals surface area contributed by atoms with Crippen molar-refractivity contribution in [3.8, 4) is 0 Å². The number of nitrogens with zero attached hydrogens (tertiary/aromatic N) is 5. The monoisotopic (exact) mass is 405 g/mol. The summed E-state index contributed by atoms with van der Waals surface area (Å²) in [6.07, 6.45) is 3.04. The van der Waals surface area contributed by atoms with Gasteiger partial charge >= 0.3 is 6.09 Å². The largest absolute Gasteiger partial charge is 0.444 e. The highest BCUT2D eigenvalue weighted by atomic mass is 32.2. The van der Waals surface area contributed by atoms with Gasteiger partial charge in [0.15, 0.2) is 0 Å². The van der Waals surface area contributed by atoms with Crippen molar-refractivity contribution in [2.45, 2.75) is 19.1 Å². The third kappa shape index (κ3) is 3.05. The second-order valence-corrected chi connectivity index (χ2v) is 9.21. The lowest BCUT2D eigenvalue weighted by atomic mass is 9.82. The molecule has 0 N–H and O–H groups in total. The minimum Gasteiger partial charge on any atom is -0.444 e. The van der Waals surface area contributed by atoms with Crippen LogP contribution < -0.4 is 9.80 Å². The van der Waals surface area contributed by atoms with Gasteiger partial charge in [0.2, 0.25) is 0 Å². The first kappa shape index (κ1) is 17.6. The maximum absolute atomic E-state index is 14.7. The van der Waals surface area contributed by atoms with Crippen LogP contribution >= 0.6 is 0 Å². The molecule has 0 radical (unpaired) electrons. The van der Waals surface area contributed by atoms with Crippen LogP contribution in [0, 0.1) is 11.2 Å². The minimum atomic E-state index is -0.699. The van der Waals surface area contributed by atoms with Gasteiger partial charge < -0.3 is 9.64 Å². The second kappa shape index (κ2) is 6.54. The lowest BCUT2D eigenvalue weighted by molar-refractivity contribution is 0.132. The van der Waals surface area contributed by atoms with Gasteiger partial charge in [0.1, 0.15) is 11.9 Å². The van der Waals surface area contributed by atoms with Crippen molar-refractivity contribution in [1.29, 1.82) is 0 Å². The third-order valence-electron chi connectivity index (χ3n) is 5.56. The number of aromatic nitrogens is 3. The zero-order valence-electron chi connectivity index (χ0n) is 15.2. The average molecular weight is 405 g/mol. The summed E-state index contributed by atoms with van der Waals surface area (Å²) in [7, 11) is -0.699. The van der Waals surface area contributed by atoms with Crippen molar-refractivity contribution in [2.24, 2.45) is 5.41 Å². The van der Waals surface area contributed by atoms with Crippen LogP contribution in [0.15, 0.2) is 30.6 Å². The second-order valence-electron chi connectivity index (χ2n) is 7.75. The Kier molecular flexibility index (Phi) is 4.11. The summed E-state index contributed by atoms with van der Waals surface area (Å²) in [4.78, 5) is 17.2. The molecule has 28 heavy (non-hydrogen) atoms.